The van der Waals surface area contributed by atoms with E-state index in [9.17, 15) is 9.59 Å². The summed E-state index contributed by atoms with van der Waals surface area (Å²) in [5.74, 6) is 0. The first-order valence-corrected chi connectivity index (χ1v) is 6.59. The van der Waals surface area contributed by atoms with Crippen molar-refractivity contribution >= 4 is 12.1 Å². The molecule has 1 fully saturated rings. The fourth-order valence-electron chi connectivity index (χ4n) is 1.63. The predicted octanol–water partition coefficient (Wildman–Crippen LogP) is 0.126. The van der Waals surface area contributed by atoms with Crippen molar-refractivity contribution in [1.82, 2.24) is 20.9 Å². The lowest BCUT2D eigenvalue weighted by Gasteiger charge is -2.27. The minimum absolute atomic E-state index is 0.0903. The van der Waals surface area contributed by atoms with Gasteiger partial charge in [-0.05, 0) is 20.8 Å². The van der Waals surface area contributed by atoms with Gasteiger partial charge < -0.3 is 25.6 Å². The zero-order valence-corrected chi connectivity index (χ0v) is 11.9. The van der Waals surface area contributed by atoms with Gasteiger partial charge in [0.1, 0.15) is 5.60 Å². The van der Waals surface area contributed by atoms with Gasteiger partial charge in [0.2, 0.25) is 0 Å². The monoisotopic (exact) mass is 272 g/mol. The topological polar surface area (TPSA) is 82.7 Å². The fourth-order valence-corrected chi connectivity index (χ4v) is 1.63. The summed E-state index contributed by atoms with van der Waals surface area (Å²) in [7, 11) is 0. The Labute approximate surface area is 114 Å². The Bertz CT molecular complexity index is 309. The normalized spacial score (nSPS) is 15.8. The molecule has 0 unspecified atom stereocenters. The van der Waals surface area contributed by atoms with Gasteiger partial charge in [-0.1, -0.05) is 0 Å². The van der Waals surface area contributed by atoms with Crippen molar-refractivity contribution in [2.75, 3.05) is 39.3 Å². The molecule has 1 rings (SSSR count). The van der Waals surface area contributed by atoms with Gasteiger partial charge in [0.25, 0.3) is 0 Å². The van der Waals surface area contributed by atoms with E-state index in [0.717, 1.165) is 13.1 Å². The van der Waals surface area contributed by atoms with Crippen LogP contribution in [0.5, 0.6) is 0 Å². The summed E-state index contributed by atoms with van der Waals surface area (Å²) in [5.41, 5.74) is -0.506. The summed E-state index contributed by atoms with van der Waals surface area (Å²) in [6, 6.07) is -0.0903. The molecule has 110 valence electrons. The lowest BCUT2D eigenvalue weighted by molar-refractivity contribution is 0.0528. The van der Waals surface area contributed by atoms with Crippen molar-refractivity contribution in [2.24, 2.45) is 0 Å². The summed E-state index contributed by atoms with van der Waals surface area (Å²) in [6.45, 7) is 9.23. The number of nitrogens with zero attached hydrogens (tertiary/aromatic N) is 1. The second kappa shape index (κ2) is 7.18. The van der Waals surface area contributed by atoms with Crippen molar-refractivity contribution < 1.29 is 14.3 Å². The molecule has 0 atom stereocenters. The molecule has 0 saturated carbocycles. The molecule has 0 aromatic heterocycles. The average molecular weight is 272 g/mol. The number of nitrogens with one attached hydrogen (secondary N) is 3. The molecule has 0 radical (unpaired) electrons. The van der Waals surface area contributed by atoms with Crippen molar-refractivity contribution in [3.8, 4) is 0 Å². The van der Waals surface area contributed by atoms with Crippen molar-refractivity contribution in [3.63, 3.8) is 0 Å². The Balaban J connectivity index is 2.10. The lowest BCUT2D eigenvalue weighted by Crippen LogP contribution is -2.51. The van der Waals surface area contributed by atoms with E-state index in [1.165, 1.54) is 0 Å². The molecule has 0 spiro atoms. The average Bonchev–Trinajstić information content (AvgIpc) is 2.33. The van der Waals surface area contributed by atoms with Crippen LogP contribution in [0.1, 0.15) is 20.8 Å². The molecule has 3 amide bonds. The van der Waals surface area contributed by atoms with Gasteiger partial charge in [-0.3, -0.25) is 0 Å². The smallest absolute Gasteiger partial charge is 0.407 e. The summed E-state index contributed by atoms with van der Waals surface area (Å²) < 4.78 is 5.08. The van der Waals surface area contributed by atoms with Crippen LogP contribution in [0.15, 0.2) is 0 Å². The Morgan fingerprint density at radius 3 is 2.32 bits per heavy atom. The van der Waals surface area contributed by atoms with Crippen LogP contribution in [-0.2, 0) is 4.74 Å². The van der Waals surface area contributed by atoms with Gasteiger partial charge in [0, 0.05) is 39.3 Å². The van der Waals surface area contributed by atoms with Crippen molar-refractivity contribution in [3.05, 3.63) is 0 Å². The van der Waals surface area contributed by atoms with E-state index in [1.54, 1.807) is 25.7 Å². The molecular weight excluding hydrogens is 248 g/mol. The van der Waals surface area contributed by atoms with Crippen LogP contribution >= 0.6 is 0 Å². The molecule has 0 aromatic carbocycles. The highest BCUT2D eigenvalue weighted by Gasteiger charge is 2.17. The van der Waals surface area contributed by atoms with Gasteiger partial charge in [-0.15, -0.1) is 0 Å². The maximum Gasteiger partial charge on any atom is 0.407 e. The number of hydrogen-bond acceptors (Lipinski definition) is 4. The van der Waals surface area contributed by atoms with Crippen LogP contribution in [-0.4, -0.2) is 61.9 Å². The second-order valence-electron chi connectivity index (χ2n) is 5.40. The molecule has 1 aliphatic heterocycles. The molecule has 1 aliphatic rings. The maximum atomic E-state index is 11.7. The van der Waals surface area contributed by atoms with E-state index in [0.29, 0.717) is 26.2 Å². The van der Waals surface area contributed by atoms with E-state index >= 15 is 0 Å². The highest BCUT2D eigenvalue weighted by Crippen LogP contribution is 2.05. The number of urea groups is 1. The number of hydrogen-bond donors (Lipinski definition) is 3. The van der Waals surface area contributed by atoms with E-state index < -0.39 is 11.7 Å². The largest absolute Gasteiger partial charge is 0.444 e. The fraction of sp³-hybridized carbons (Fsp3) is 0.833. The zero-order chi connectivity index (χ0) is 14.3. The quantitative estimate of drug-likeness (QED) is 0.638. The third kappa shape index (κ3) is 6.85. The molecule has 1 saturated heterocycles. The summed E-state index contributed by atoms with van der Waals surface area (Å²) in [4.78, 5) is 24.8. The summed E-state index contributed by atoms with van der Waals surface area (Å²) >= 11 is 0. The molecule has 3 N–H and O–H groups in total. The number of amides is 3. The number of carbonyl (C=O) groups is 2. The first-order valence-electron chi connectivity index (χ1n) is 6.59. The third-order valence-electron chi connectivity index (χ3n) is 2.47. The Morgan fingerprint density at radius 1 is 1.16 bits per heavy atom. The molecular formula is C12H24N4O3. The van der Waals surface area contributed by atoms with Crippen molar-refractivity contribution in [2.45, 2.75) is 26.4 Å². The predicted molar refractivity (Wildman–Crippen MR) is 72.1 cm³/mol. The highest BCUT2D eigenvalue weighted by molar-refractivity contribution is 5.74. The minimum atomic E-state index is -0.506. The maximum absolute atomic E-state index is 11.7. The Hall–Kier alpha value is -1.50. The molecule has 0 aromatic rings. The molecule has 0 bridgehead atoms. The number of alkyl carbamates (subject to hydrolysis) is 1. The molecule has 0 aliphatic carbocycles. The minimum Gasteiger partial charge on any atom is -0.444 e. The number of piperazine rings is 1. The van der Waals surface area contributed by atoms with Crippen LogP contribution in [0.4, 0.5) is 9.59 Å². The van der Waals surface area contributed by atoms with Crippen LogP contribution < -0.4 is 16.0 Å². The van der Waals surface area contributed by atoms with E-state index in [1.807, 2.05) is 0 Å². The summed E-state index contributed by atoms with van der Waals surface area (Å²) in [6.07, 6.45) is -0.469. The third-order valence-corrected chi connectivity index (χ3v) is 2.47. The first kappa shape index (κ1) is 15.6. The van der Waals surface area contributed by atoms with Gasteiger partial charge in [-0.25, -0.2) is 9.59 Å². The van der Waals surface area contributed by atoms with E-state index in [4.69, 9.17) is 4.74 Å². The summed E-state index contributed by atoms with van der Waals surface area (Å²) in [5, 5.41) is 8.53. The van der Waals surface area contributed by atoms with E-state index in [2.05, 4.69) is 16.0 Å². The zero-order valence-electron chi connectivity index (χ0n) is 11.9. The van der Waals surface area contributed by atoms with Crippen LogP contribution in [0.25, 0.3) is 0 Å². The molecule has 7 nitrogen and oxygen atoms in total. The van der Waals surface area contributed by atoms with Gasteiger partial charge in [0.05, 0.1) is 0 Å². The van der Waals surface area contributed by atoms with Gasteiger partial charge in [-0.2, -0.15) is 0 Å². The van der Waals surface area contributed by atoms with Crippen LogP contribution in [0.3, 0.4) is 0 Å². The second-order valence-corrected chi connectivity index (χ2v) is 5.40. The Morgan fingerprint density at radius 2 is 1.74 bits per heavy atom. The standard InChI is InChI=1S/C12H24N4O3/c1-12(2,3)19-11(18)15-5-4-14-10(17)16-8-6-13-7-9-16/h13H,4-9H2,1-3H3,(H,14,17)(H,15,18). The number of ether oxygens (including phenoxy) is 1. The van der Waals surface area contributed by atoms with E-state index in [-0.39, 0.29) is 6.03 Å². The number of rotatable bonds is 3. The lowest BCUT2D eigenvalue weighted by atomic mass is 10.2. The molecule has 19 heavy (non-hydrogen) atoms. The van der Waals surface area contributed by atoms with Gasteiger partial charge >= 0.3 is 12.1 Å². The molecule has 7 heteroatoms. The van der Waals surface area contributed by atoms with Crippen LogP contribution in [0, 0.1) is 0 Å². The Kier molecular flexibility index (Phi) is 5.88. The molecule has 1 heterocycles. The highest BCUT2D eigenvalue weighted by atomic mass is 16.6. The van der Waals surface area contributed by atoms with Crippen molar-refractivity contribution in [1.29, 1.82) is 0 Å². The first-order chi connectivity index (χ1) is 8.88. The van der Waals surface area contributed by atoms with Gasteiger partial charge in [0.15, 0.2) is 0 Å². The SMILES string of the molecule is CC(C)(C)OC(=O)NCCNC(=O)N1CCNCC1. The van der Waals surface area contributed by atoms with Crippen LogP contribution in [0.2, 0.25) is 0 Å². The number of carbonyl (C=O) groups excluding carboxylic acids is 2.